The van der Waals surface area contributed by atoms with Crippen LogP contribution in [0.1, 0.15) is 26.3 Å². The van der Waals surface area contributed by atoms with Crippen molar-refractivity contribution in [2.75, 3.05) is 25.5 Å². The Morgan fingerprint density at radius 1 is 1.03 bits per heavy atom. The quantitative estimate of drug-likeness (QED) is 0.587. The molecule has 0 saturated carbocycles. The number of nitrogens with one attached hydrogen (secondary N) is 2. The summed E-state index contributed by atoms with van der Waals surface area (Å²) in [6.45, 7) is 5.45. The summed E-state index contributed by atoms with van der Waals surface area (Å²) in [6, 6.07) is 13.6. The number of sulfonamides is 1. The Labute approximate surface area is 186 Å². The van der Waals surface area contributed by atoms with Crippen LogP contribution < -0.4 is 10.6 Å². The number of hydrogen-bond donors (Lipinski definition) is 2. The molecule has 0 unspecified atom stereocenters. The third-order valence-electron chi connectivity index (χ3n) is 4.60. The van der Waals surface area contributed by atoms with Gasteiger partial charge >= 0.3 is 0 Å². The van der Waals surface area contributed by atoms with Crippen LogP contribution in [0.3, 0.4) is 0 Å². The Morgan fingerprint density at radius 3 is 2.13 bits per heavy atom. The van der Waals surface area contributed by atoms with Crippen LogP contribution in [0.4, 0.5) is 5.69 Å². The molecular formula is C21H26BrN3O4S. The molecule has 162 valence electrons. The second-order valence-corrected chi connectivity index (χ2v) is 10.6. The summed E-state index contributed by atoms with van der Waals surface area (Å²) in [5.41, 5.74) is 1.25. The third kappa shape index (κ3) is 6.38. The molecule has 0 aliphatic carbocycles. The fourth-order valence-electron chi connectivity index (χ4n) is 2.76. The molecule has 7 nitrogen and oxygen atoms in total. The molecule has 0 aliphatic heterocycles. The standard InChI is InChI=1S/C21H26BrN3O4S/c1-15(26)24-18-9-11-19(12-10-18)30(28,29)25(4)13-20(27)23-14-21(2,3)16-5-7-17(22)8-6-16/h5-12H,13-14H2,1-4H3,(H,23,27)(H,24,26). The highest BCUT2D eigenvalue weighted by atomic mass is 79.9. The molecule has 0 fully saturated rings. The van der Waals surface area contributed by atoms with E-state index in [-0.39, 0.29) is 28.7 Å². The Morgan fingerprint density at radius 2 is 1.60 bits per heavy atom. The lowest BCUT2D eigenvalue weighted by molar-refractivity contribution is -0.121. The summed E-state index contributed by atoms with van der Waals surface area (Å²) in [6.07, 6.45) is 0. The topological polar surface area (TPSA) is 95.6 Å². The average molecular weight is 496 g/mol. The molecular weight excluding hydrogens is 470 g/mol. The summed E-state index contributed by atoms with van der Waals surface area (Å²) in [5, 5.41) is 5.40. The first-order valence-corrected chi connectivity index (χ1v) is 11.5. The number of carbonyl (C=O) groups excluding carboxylic acids is 2. The van der Waals surface area contributed by atoms with Gasteiger partial charge in [-0.2, -0.15) is 4.31 Å². The fourth-order valence-corrected chi connectivity index (χ4v) is 4.15. The summed E-state index contributed by atoms with van der Waals surface area (Å²) in [4.78, 5) is 23.5. The van der Waals surface area contributed by atoms with Gasteiger partial charge in [-0.1, -0.05) is 41.9 Å². The van der Waals surface area contributed by atoms with E-state index in [1.165, 1.54) is 38.2 Å². The van der Waals surface area contributed by atoms with Crippen molar-refractivity contribution >= 4 is 43.5 Å². The first-order valence-electron chi connectivity index (χ1n) is 9.28. The lowest BCUT2D eigenvalue weighted by Gasteiger charge is -2.26. The zero-order chi connectivity index (χ0) is 22.5. The molecule has 0 aliphatic rings. The van der Waals surface area contributed by atoms with Gasteiger partial charge in [0.05, 0.1) is 11.4 Å². The molecule has 9 heteroatoms. The SMILES string of the molecule is CC(=O)Nc1ccc(S(=O)(=O)N(C)CC(=O)NCC(C)(C)c2ccc(Br)cc2)cc1. The van der Waals surface area contributed by atoms with Gasteiger partial charge in [0, 0.05) is 36.1 Å². The van der Waals surface area contributed by atoms with Gasteiger partial charge in [0.2, 0.25) is 21.8 Å². The predicted octanol–water partition coefficient (Wildman–Crippen LogP) is 3.12. The van der Waals surface area contributed by atoms with Gasteiger partial charge in [-0.15, -0.1) is 0 Å². The van der Waals surface area contributed by atoms with Crippen molar-refractivity contribution in [3.05, 3.63) is 58.6 Å². The lowest BCUT2D eigenvalue weighted by Crippen LogP contribution is -2.42. The first kappa shape index (κ1) is 24.0. The van der Waals surface area contributed by atoms with E-state index in [1.807, 2.05) is 38.1 Å². The molecule has 2 aromatic rings. The van der Waals surface area contributed by atoms with E-state index in [2.05, 4.69) is 26.6 Å². The van der Waals surface area contributed by atoms with E-state index in [0.29, 0.717) is 12.2 Å². The monoisotopic (exact) mass is 495 g/mol. The number of likely N-dealkylation sites (N-methyl/N-ethyl adjacent to an activating group) is 1. The van der Waals surface area contributed by atoms with Crippen molar-refractivity contribution in [1.29, 1.82) is 0 Å². The zero-order valence-corrected chi connectivity index (χ0v) is 19.8. The molecule has 2 aromatic carbocycles. The van der Waals surface area contributed by atoms with Gasteiger partial charge in [-0.3, -0.25) is 9.59 Å². The molecule has 0 spiro atoms. The Balaban J connectivity index is 1.98. The van der Waals surface area contributed by atoms with Crippen LogP contribution in [0.25, 0.3) is 0 Å². The van der Waals surface area contributed by atoms with E-state index < -0.39 is 10.0 Å². The molecule has 30 heavy (non-hydrogen) atoms. The van der Waals surface area contributed by atoms with Crippen molar-refractivity contribution in [1.82, 2.24) is 9.62 Å². The van der Waals surface area contributed by atoms with Crippen LogP contribution in [-0.4, -0.2) is 44.7 Å². The van der Waals surface area contributed by atoms with Crippen LogP contribution in [0, 0.1) is 0 Å². The average Bonchev–Trinajstić information content (AvgIpc) is 2.67. The molecule has 0 heterocycles. The summed E-state index contributed by atoms with van der Waals surface area (Å²) >= 11 is 3.40. The van der Waals surface area contributed by atoms with E-state index in [1.54, 1.807) is 0 Å². The molecule has 2 amide bonds. The molecule has 2 rings (SSSR count). The van der Waals surface area contributed by atoms with Crippen molar-refractivity contribution in [2.24, 2.45) is 0 Å². The van der Waals surface area contributed by atoms with Crippen molar-refractivity contribution in [2.45, 2.75) is 31.1 Å². The maximum absolute atomic E-state index is 12.7. The van der Waals surface area contributed by atoms with E-state index in [9.17, 15) is 18.0 Å². The van der Waals surface area contributed by atoms with Gasteiger partial charge in [-0.05, 0) is 42.0 Å². The summed E-state index contributed by atoms with van der Waals surface area (Å²) < 4.78 is 27.4. The number of amides is 2. The maximum Gasteiger partial charge on any atom is 0.243 e. The molecule has 0 radical (unpaired) electrons. The van der Waals surface area contributed by atoms with Gasteiger partial charge in [-0.25, -0.2) is 8.42 Å². The highest BCUT2D eigenvalue weighted by molar-refractivity contribution is 9.10. The number of rotatable bonds is 8. The van der Waals surface area contributed by atoms with Crippen LogP contribution in [-0.2, 0) is 25.0 Å². The summed E-state index contributed by atoms with van der Waals surface area (Å²) in [7, 11) is -2.48. The molecule has 2 N–H and O–H groups in total. The number of anilines is 1. The second kappa shape index (κ2) is 9.72. The van der Waals surface area contributed by atoms with Crippen molar-refractivity contribution < 1.29 is 18.0 Å². The highest BCUT2D eigenvalue weighted by Crippen LogP contribution is 2.24. The lowest BCUT2D eigenvalue weighted by atomic mass is 9.84. The zero-order valence-electron chi connectivity index (χ0n) is 17.4. The van der Waals surface area contributed by atoms with Gasteiger partial charge in [0.15, 0.2) is 0 Å². The second-order valence-electron chi connectivity index (χ2n) is 7.63. The largest absolute Gasteiger partial charge is 0.354 e. The number of hydrogen-bond acceptors (Lipinski definition) is 4. The van der Waals surface area contributed by atoms with E-state index in [4.69, 9.17) is 0 Å². The van der Waals surface area contributed by atoms with Crippen LogP contribution in [0.15, 0.2) is 57.9 Å². The van der Waals surface area contributed by atoms with Crippen LogP contribution in [0.2, 0.25) is 0 Å². The highest BCUT2D eigenvalue weighted by Gasteiger charge is 2.25. The number of halogens is 1. The van der Waals surface area contributed by atoms with Gasteiger partial charge in [0.25, 0.3) is 0 Å². The minimum Gasteiger partial charge on any atom is -0.354 e. The van der Waals surface area contributed by atoms with E-state index in [0.717, 1.165) is 14.3 Å². The van der Waals surface area contributed by atoms with Gasteiger partial charge < -0.3 is 10.6 Å². The molecule has 0 atom stereocenters. The summed E-state index contributed by atoms with van der Waals surface area (Å²) in [5.74, 6) is -0.633. The molecule has 0 aromatic heterocycles. The minimum atomic E-state index is -3.84. The predicted molar refractivity (Wildman–Crippen MR) is 121 cm³/mol. The first-order chi connectivity index (χ1) is 13.9. The smallest absolute Gasteiger partial charge is 0.243 e. The van der Waals surface area contributed by atoms with Crippen LogP contribution >= 0.6 is 15.9 Å². The Bertz CT molecular complexity index is 1000. The van der Waals surface area contributed by atoms with Crippen LogP contribution in [0.5, 0.6) is 0 Å². The van der Waals surface area contributed by atoms with Crippen molar-refractivity contribution in [3.63, 3.8) is 0 Å². The third-order valence-corrected chi connectivity index (χ3v) is 6.95. The number of nitrogens with zero attached hydrogens (tertiary/aromatic N) is 1. The molecule has 0 saturated heterocycles. The normalized spacial score (nSPS) is 11.9. The van der Waals surface area contributed by atoms with Crippen molar-refractivity contribution in [3.8, 4) is 0 Å². The van der Waals surface area contributed by atoms with Gasteiger partial charge in [0.1, 0.15) is 0 Å². The maximum atomic E-state index is 12.7. The Kier molecular flexibility index (Phi) is 7.79. The number of benzene rings is 2. The van der Waals surface area contributed by atoms with E-state index >= 15 is 0 Å². The number of carbonyl (C=O) groups is 2. The minimum absolute atomic E-state index is 0.0436. The fraction of sp³-hybridized carbons (Fsp3) is 0.333. The Hall–Kier alpha value is -2.23. The molecule has 0 bridgehead atoms.